The molecule has 172 valence electrons. The van der Waals surface area contributed by atoms with Gasteiger partial charge in [-0.15, -0.1) is 0 Å². The molecule has 1 aromatic heterocycles. The van der Waals surface area contributed by atoms with Crippen molar-refractivity contribution >= 4 is 27.4 Å². The lowest BCUT2D eigenvalue weighted by molar-refractivity contribution is 0.102. The van der Waals surface area contributed by atoms with Crippen LogP contribution in [0.2, 0.25) is 0 Å². The molecule has 1 N–H and O–H groups in total. The molecule has 0 saturated carbocycles. The van der Waals surface area contributed by atoms with Gasteiger partial charge < -0.3 is 10.2 Å². The Morgan fingerprint density at radius 3 is 2.41 bits per heavy atom. The Bertz CT molecular complexity index is 1040. The molecule has 2 atom stereocenters. The number of anilines is 2. The SMILES string of the molecule is CC1CC(C)CN(S(=O)(=O)c2cccc(C(=O)Nc3ccc(N4CCCCC4)nc3)c2)C1. The fourth-order valence-corrected chi connectivity index (χ4v) is 6.45. The van der Waals surface area contributed by atoms with Crippen LogP contribution in [0, 0.1) is 11.8 Å². The van der Waals surface area contributed by atoms with E-state index in [4.69, 9.17) is 0 Å². The maximum Gasteiger partial charge on any atom is 0.255 e. The summed E-state index contributed by atoms with van der Waals surface area (Å²) in [6.45, 7) is 7.19. The number of sulfonamides is 1. The third-order valence-electron chi connectivity index (χ3n) is 6.26. The first kappa shape index (κ1) is 22.7. The summed E-state index contributed by atoms with van der Waals surface area (Å²) < 4.78 is 27.9. The van der Waals surface area contributed by atoms with Gasteiger partial charge in [-0.3, -0.25) is 4.79 Å². The first-order chi connectivity index (χ1) is 15.3. The summed E-state index contributed by atoms with van der Waals surface area (Å²) in [4.78, 5) is 19.7. The van der Waals surface area contributed by atoms with Gasteiger partial charge in [-0.05, 0) is 67.9 Å². The Morgan fingerprint density at radius 2 is 1.75 bits per heavy atom. The lowest BCUT2D eigenvalue weighted by Crippen LogP contribution is -2.42. The van der Waals surface area contributed by atoms with E-state index >= 15 is 0 Å². The number of carbonyl (C=O) groups is 1. The normalized spacial score (nSPS) is 22.5. The van der Waals surface area contributed by atoms with Crippen molar-refractivity contribution in [3.05, 3.63) is 48.2 Å². The van der Waals surface area contributed by atoms with Crippen molar-refractivity contribution in [1.82, 2.24) is 9.29 Å². The molecule has 2 aliphatic rings. The molecule has 1 aromatic carbocycles. The molecule has 0 bridgehead atoms. The largest absolute Gasteiger partial charge is 0.357 e. The monoisotopic (exact) mass is 456 g/mol. The van der Waals surface area contributed by atoms with E-state index in [2.05, 4.69) is 29.0 Å². The molecule has 0 spiro atoms. The van der Waals surface area contributed by atoms with E-state index in [0.29, 0.717) is 36.2 Å². The number of piperidine rings is 2. The van der Waals surface area contributed by atoms with Gasteiger partial charge in [0.1, 0.15) is 5.82 Å². The minimum Gasteiger partial charge on any atom is -0.357 e. The highest BCUT2D eigenvalue weighted by molar-refractivity contribution is 7.89. The number of rotatable bonds is 5. The van der Waals surface area contributed by atoms with Crippen molar-refractivity contribution in [3.8, 4) is 0 Å². The van der Waals surface area contributed by atoms with Crippen LogP contribution in [0.25, 0.3) is 0 Å². The molecule has 0 radical (unpaired) electrons. The molecular formula is C24H32N4O3S. The van der Waals surface area contributed by atoms with Crippen molar-refractivity contribution in [2.24, 2.45) is 11.8 Å². The van der Waals surface area contributed by atoms with E-state index in [1.54, 1.807) is 28.7 Å². The number of hydrogen-bond donors (Lipinski definition) is 1. The number of nitrogens with one attached hydrogen (secondary N) is 1. The zero-order chi connectivity index (χ0) is 22.7. The first-order valence-corrected chi connectivity index (χ1v) is 12.9. The summed E-state index contributed by atoms with van der Waals surface area (Å²) in [5.41, 5.74) is 0.895. The molecule has 2 fully saturated rings. The number of amides is 1. The summed E-state index contributed by atoms with van der Waals surface area (Å²) >= 11 is 0. The van der Waals surface area contributed by atoms with Gasteiger partial charge in [0.2, 0.25) is 10.0 Å². The predicted octanol–water partition coefficient (Wildman–Crippen LogP) is 3.99. The average Bonchev–Trinajstić information content (AvgIpc) is 2.79. The smallest absolute Gasteiger partial charge is 0.255 e. The Morgan fingerprint density at radius 1 is 1.03 bits per heavy atom. The van der Waals surface area contributed by atoms with Gasteiger partial charge in [0.05, 0.1) is 16.8 Å². The van der Waals surface area contributed by atoms with Gasteiger partial charge in [-0.25, -0.2) is 13.4 Å². The summed E-state index contributed by atoms with van der Waals surface area (Å²) in [7, 11) is -3.64. The van der Waals surface area contributed by atoms with E-state index in [1.807, 2.05) is 12.1 Å². The molecule has 2 unspecified atom stereocenters. The van der Waals surface area contributed by atoms with Crippen LogP contribution in [-0.2, 0) is 10.0 Å². The quantitative estimate of drug-likeness (QED) is 0.736. The summed E-state index contributed by atoms with van der Waals surface area (Å²) in [6.07, 6.45) is 6.29. The zero-order valence-electron chi connectivity index (χ0n) is 18.8. The van der Waals surface area contributed by atoms with Crippen molar-refractivity contribution in [3.63, 3.8) is 0 Å². The van der Waals surface area contributed by atoms with Crippen molar-refractivity contribution in [2.75, 3.05) is 36.4 Å². The minimum absolute atomic E-state index is 0.157. The fourth-order valence-electron chi connectivity index (χ4n) is 4.72. The Kier molecular flexibility index (Phi) is 6.81. The second-order valence-electron chi connectivity index (χ2n) is 9.20. The third kappa shape index (κ3) is 5.13. The molecule has 8 heteroatoms. The maximum absolute atomic E-state index is 13.2. The van der Waals surface area contributed by atoms with Crippen molar-refractivity contribution in [1.29, 1.82) is 0 Å². The average molecular weight is 457 g/mol. The second-order valence-corrected chi connectivity index (χ2v) is 11.1. The predicted molar refractivity (Wildman–Crippen MR) is 126 cm³/mol. The number of carbonyl (C=O) groups excluding carboxylic acids is 1. The highest BCUT2D eigenvalue weighted by atomic mass is 32.2. The topological polar surface area (TPSA) is 82.6 Å². The van der Waals surface area contributed by atoms with Gasteiger partial charge in [-0.1, -0.05) is 19.9 Å². The maximum atomic E-state index is 13.2. The Balaban J connectivity index is 1.46. The minimum atomic E-state index is -3.64. The summed E-state index contributed by atoms with van der Waals surface area (Å²) in [5, 5.41) is 2.83. The van der Waals surface area contributed by atoms with Gasteiger partial charge in [-0.2, -0.15) is 4.31 Å². The number of aromatic nitrogens is 1. The number of benzene rings is 1. The van der Waals surface area contributed by atoms with E-state index in [0.717, 1.165) is 25.3 Å². The Labute approximate surface area is 190 Å². The lowest BCUT2D eigenvalue weighted by atomic mass is 9.94. The molecule has 1 amide bonds. The van der Waals surface area contributed by atoms with Crippen LogP contribution >= 0.6 is 0 Å². The molecular weight excluding hydrogens is 424 g/mol. The van der Waals surface area contributed by atoms with E-state index in [-0.39, 0.29) is 10.8 Å². The molecule has 7 nitrogen and oxygen atoms in total. The third-order valence-corrected chi connectivity index (χ3v) is 8.08. The standard InChI is InChI=1S/C24H32N4O3S/c1-18-13-19(2)17-28(16-18)32(30,31)22-8-6-7-20(14-22)24(29)26-21-9-10-23(25-15-21)27-11-4-3-5-12-27/h6-10,14-15,18-19H,3-5,11-13,16-17H2,1-2H3,(H,26,29). The van der Waals surface area contributed by atoms with Gasteiger partial charge in [0, 0.05) is 31.7 Å². The first-order valence-electron chi connectivity index (χ1n) is 11.5. The van der Waals surface area contributed by atoms with Crippen molar-refractivity contribution in [2.45, 2.75) is 44.4 Å². The fraction of sp³-hybridized carbons (Fsp3) is 0.500. The van der Waals surface area contributed by atoms with Gasteiger partial charge in [0.25, 0.3) is 5.91 Å². The van der Waals surface area contributed by atoms with Crippen LogP contribution in [0.3, 0.4) is 0 Å². The highest BCUT2D eigenvalue weighted by Crippen LogP contribution is 2.27. The number of pyridine rings is 1. The summed E-state index contributed by atoms with van der Waals surface area (Å²) in [5.74, 6) is 1.21. The molecule has 32 heavy (non-hydrogen) atoms. The molecule has 0 aliphatic carbocycles. The van der Waals surface area contributed by atoms with Crippen LogP contribution in [0.15, 0.2) is 47.5 Å². The van der Waals surface area contributed by atoms with Crippen molar-refractivity contribution < 1.29 is 13.2 Å². The molecule has 3 heterocycles. The molecule has 4 rings (SSSR count). The molecule has 2 aromatic rings. The lowest BCUT2D eigenvalue weighted by Gasteiger charge is -2.34. The second kappa shape index (κ2) is 9.58. The van der Waals surface area contributed by atoms with Crippen LogP contribution in [0.1, 0.15) is 49.9 Å². The summed E-state index contributed by atoms with van der Waals surface area (Å²) in [6, 6.07) is 10.0. The van der Waals surface area contributed by atoms with E-state index < -0.39 is 10.0 Å². The number of nitrogens with zero attached hydrogens (tertiary/aromatic N) is 3. The number of hydrogen-bond acceptors (Lipinski definition) is 5. The van der Waals surface area contributed by atoms with Crippen LogP contribution in [0.4, 0.5) is 11.5 Å². The van der Waals surface area contributed by atoms with E-state index in [1.165, 1.54) is 25.3 Å². The highest BCUT2D eigenvalue weighted by Gasteiger charge is 2.32. The van der Waals surface area contributed by atoms with Crippen LogP contribution < -0.4 is 10.2 Å². The van der Waals surface area contributed by atoms with Crippen LogP contribution in [-0.4, -0.2) is 49.8 Å². The van der Waals surface area contributed by atoms with E-state index in [9.17, 15) is 13.2 Å². The molecule has 2 aliphatic heterocycles. The Hall–Kier alpha value is -2.45. The zero-order valence-corrected chi connectivity index (χ0v) is 19.6. The molecule has 2 saturated heterocycles. The van der Waals surface area contributed by atoms with Crippen LogP contribution in [0.5, 0.6) is 0 Å². The van der Waals surface area contributed by atoms with Gasteiger partial charge in [0.15, 0.2) is 0 Å². The van der Waals surface area contributed by atoms with Gasteiger partial charge >= 0.3 is 0 Å².